The van der Waals surface area contributed by atoms with Crippen LogP contribution in [0.25, 0.3) is 33.7 Å². The summed E-state index contributed by atoms with van der Waals surface area (Å²) in [5, 5.41) is 15.4. The van der Waals surface area contributed by atoms with Crippen molar-refractivity contribution in [2.45, 2.75) is 58.4 Å². The summed E-state index contributed by atoms with van der Waals surface area (Å²) in [4.78, 5) is 31.6. The number of rotatable bonds is 15. The Labute approximate surface area is 371 Å². The van der Waals surface area contributed by atoms with E-state index in [9.17, 15) is 9.59 Å². The van der Waals surface area contributed by atoms with E-state index in [-0.39, 0.29) is 24.0 Å². The molecule has 62 heavy (non-hydrogen) atoms. The summed E-state index contributed by atoms with van der Waals surface area (Å²) in [6, 6.07) is 44.2. The van der Waals surface area contributed by atoms with Gasteiger partial charge in [0, 0.05) is 36.4 Å². The Kier molecular flexibility index (Phi) is 12.6. The van der Waals surface area contributed by atoms with Crippen LogP contribution in [0, 0.1) is 0 Å². The molecule has 0 bridgehead atoms. The Hall–Kier alpha value is -6.57. The van der Waals surface area contributed by atoms with Gasteiger partial charge >= 0.3 is 12.1 Å². The molecule has 0 aliphatic carbocycles. The largest absolute Gasteiger partial charge is 0.511 e. The van der Waals surface area contributed by atoms with E-state index in [0.29, 0.717) is 29.4 Å². The van der Waals surface area contributed by atoms with Gasteiger partial charge in [0.1, 0.15) is 17.2 Å². The lowest BCUT2D eigenvalue weighted by molar-refractivity contribution is -0.0816. The van der Waals surface area contributed by atoms with Crippen LogP contribution in [0.4, 0.5) is 4.79 Å². The topological polar surface area (TPSA) is 136 Å². The SMILES string of the molecule is CCCCc1nc(Cl)c(C(=O)OC(C)OC(=O)OCC)n1Cc1ccc2oc(-c3ccccc3-c3nnn(C(c4ccccc4)(c4ccccc4)c4ccccc4)n3)c(Br)c2c1. The third-order valence-corrected chi connectivity index (χ3v) is 11.5. The van der Waals surface area contributed by atoms with Crippen molar-refractivity contribution in [3.8, 4) is 22.7 Å². The molecule has 14 heteroatoms. The minimum atomic E-state index is -1.22. The quantitative estimate of drug-likeness (QED) is 0.0555. The number of unbranched alkanes of at least 4 members (excludes halogenated alkanes) is 1. The van der Waals surface area contributed by atoms with Crippen LogP contribution < -0.4 is 0 Å². The zero-order valence-corrected chi connectivity index (χ0v) is 36.5. The van der Waals surface area contributed by atoms with Gasteiger partial charge in [0.25, 0.3) is 0 Å². The number of aryl methyl sites for hydroxylation is 1. The van der Waals surface area contributed by atoms with Gasteiger partial charge < -0.3 is 23.2 Å². The van der Waals surface area contributed by atoms with Crippen molar-refractivity contribution in [3.05, 3.63) is 177 Å². The summed E-state index contributed by atoms with van der Waals surface area (Å²) in [5.41, 5.74) is 4.99. The van der Waals surface area contributed by atoms with Crippen LogP contribution in [-0.2, 0) is 32.7 Å². The molecule has 8 aromatic rings. The van der Waals surface area contributed by atoms with E-state index in [4.69, 9.17) is 45.6 Å². The zero-order chi connectivity index (χ0) is 43.2. The monoisotopic (exact) mass is 912 g/mol. The van der Waals surface area contributed by atoms with E-state index in [1.807, 2.05) is 97.1 Å². The van der Waals surface area contributed by atoms with Crippen molar-refractivity contribution in [3.63, 3.8) is 0 Å². The van der Waals surface area contributed by atoms with E-state index in [1.165, 1.54) is 6.92 Å². The second-order valence-electron chi connectivity index (χ2n) is 14.5. The molecule has 5 aromatic carbocycles. The van der Waals surface area contributed by atoms with Crippen molar-refractivity contribution >= 4 is 50.6 Å². The number of ether oxygens (including phenoxy) is 3. The Morgan fingerprint density at radius 3 is 2.05 bits per heavy atom. The molecule has 0 spiro atoms. The first kappa shape index (κ1) is 42.1. The molecule has 0 saturated heterocycles. The first-order valence-corrected chi connectivity index (χ1v) is 21.5. The normalized spacial score (nSPS) is 12.0. The summed E-state index contributed by atoms with van der Waals surface area (Å²) in [6.45, 7) is 5.50. The second kappa shape index (κ2) is 18.6. The maximum Gasteiger partial charge on any atom is 0.511 e. The van der Waals surface area contributed by atoms with Gasteiger partial charge in [-0.05, 0) is 68.9 Å². The average molecular weight is 914 g/mol. The van der Waals surface area contributed by atoms with Crippen molar-refractivity contribution in [1.82, 2.24) is 29.8 Å². The van der Waals surface area contributed by atoms with Crippen molar-refractivity contribution in [2.75, 3.05) is 6.61 Å². The van der Waals surface area contributed by atoms with Crippen molar-refractivity contribution < 1.29 is 28.2 Å². The van der Waals surface area contributed by atoms with Gasteiger partial charge in [-0.3, -0.25) is 0 Å². The van der Waals surface area contributed by atoms with Crippen LogP contribution in [0.5, 0.6) is 0 Å². The van der Waals surface area contributed by atoms with Gasteiger partial charge in [-0.15, -0.1) is 15.0 Å². The number of benzene rings is 5. The molecular formula is C48H42BrClN6O6. The predicted molar refractivity (Wildman–Crippen MR) is 239 cm³/mol. The third-order valence-electron chi connectivity index (χ3n) is 10.5. The van der Waals surface area contributed by atoms with Crippen LogP contribution in [0.15, 0.2) is 142 Å². The van der Waals surface area contributed by atoms with E-state index in [2.05, 4.69) is 64.2 Å². The minimum absolute atomic E-state index is 0.00649. The highest BCUT2D eigenvalue weighted by Crippen LogP contribution is 2.43. The Balaban J connectivity index is 1.16. The predicted octanol–water partition coefficient (Wildman–Crippen LogP) is 11.3. The number of carbonyl (C=O) groups excluding carboxylic acids is 2. The first-order chi connectivity index (χ1) is 30.2. The van der Waals surface area contributed by atoms with Crippen LogP contribution in [0.1, 0.15) is 72.2 Å². The number of fused-ring (bicyclic) bond motifs is 1. The Morgan fingerprint density at radius 2 is 1.44 bits per heavy atom. The summed E-state index contributed by atoms with van der Waals surface area (Å²) >= 11 is 10.5. The van der Waals surface area contributed by atoms with Crippen LogP contribution >= 0.6 is 27.5 Å². The Bertz CT molecular complexity index is 2730. The average Bonchev–Trinajstić information content (AvgIpc) is 4.00. The Morgan fingerprint density at radius 1 is 0.823 bits per heavy atom. The molecule has 0 fully saturated rings. The number of imidazole rings is 1. The number of nitrogens with zero attached hydrogens (tertiary/aromatic N) is 6. The molecule has 12 nitrogen and oxygen atoms in total. The molecule has 0 aliphatic heterocycles. The molecule has 0 N–H and O–H groups in total. The smallest absolute Gasteiger partial charge is 0.455 e. The van der Waals surface area contributed by atoms with E-state index < -0.39 is 24.0 Å². The molecule has 0 saturated carbocycles. The molecular weight excluding hydrogens is 872 g/mol. The minimum Gasteiger partial charge on any atom is -0.455 e. The fourth-order valence-corrected chi connectivity index (χ4v) is 8.55. The summed E-state index contributed by atoms with van der Waals surface area (Å²) < 4.78 is 24.4. The van der Waals surface area contributed by atoms with Gasteiger partial charge in [-0.2, -0.15) is 0 Å². The number of hydrogen-bond acceptors (Lipinski definition) is 10. The van der Waals surface area contributed by atoms with Gasteiger partial charge in [0.2, 0.25) is 12.1 Å². The standard InChI is InChI=1S/C48H42BrClN6O6/c1-4-6-26-40-51-44(50)42(46(57)60-31(3)61-47(58)59-5-2)55(40)30-32-27-28-39-38(29-32)41(49)43(62-39)36-24-16-17-25-37(36)45-52-54-56(53-45)48(33-18-10-7-11-19-33,34-20-12-8-13-21-34)35-22-14-9-15-23-35/h7-25,27-29,31H,4-6,26,30H2,1-3H3. The first-order valence-electron chi connectivity index (χ1n) is 20.3. The maximum atomic E-state index is 13.5. The third kappa shape index (κ3) is 8.25. The molecule has 0 radical (unpaired) electrons. The van der Waals surface area contributed by atoms with E-state index in [0.717, 1.165) is 56.1 Å². The summed E-state index contributed by atoms with van der Waals surface area (Å²) in [7, 11) is 0. The number of esters is 1. The fraction of sp³-hybridized carbons (Fsp3) is 0.208. The highest BCUT2D eigenvalue weighted by molar-refractivity contribution is 9.10. The number of hydrogen-bond donors (Lipinski definition) is 0. The highest BCUT2D eigenvalue weighted by atomic mass is 79.9. The van der Waals surface area contributed by atoms with Gasteiger partial charge in [0.05, 0.1) is 11.1 Å². The molecule has 314 valence electrons. The summed E-state index contributed by atoms with van der Waals surface area (Å²) in [5.74, 6) is 0.836. The van der Waals surface area contributed by atoms with Crippen molar-refractivity contribution in [2.24, 2.45) is 0 Å². The zero-order valence-electron chi connectivity index (χ0n) is 34.2. The lowest BCUT2D eigenvalue weighted by atomic mass is 9.77. The lowest BCUT2D eigenvalue weighted by Crippen LogP contribution is -2.39. The van der Waals surface area contributed by atoms with E-state index in [1.54, 1.807) is 16.3 Å². The van der Waals surface area contributed by atoms with Crippen molar-refractivity contribution in [1.29, 1.82) is 0 Å². The fourth-order valence-electron chi connectivity index (χ4n) is 7.67. The molecule has 0 amide bonds. The second-order valence-corrected chi connectivity index (χ2v) is 15.6. The van der Waals surface area contributed by atoms with Crippen LogP contribution in [0.3, 0.4) is 0 Å². The van der Waals surface area contributed by atoms with Crippen LogP contribution in [0.2, 0.25) is 5.15 Å². The molecule has 8 rings (SSSR count). The number of aromatic nitrogens is 6. The number of halogens is 2. The maximum absolute atomic E-state index is 13.5. The number of carbonyl (C=O) groups is 2. The molecule has 1 atom stereocenters. The van der Waals surface area contributed by atoms with E-state index >= 15 is 0 Å². The molecule has 0 aliphatic rings. The lowest BCUT2D eigenvalue weighted by Gasteiger charge is -2.34. The van der Waals surface area contributed by atoms with Gasteiger partial charge in [0.15, 0.2) is 16.4 Å². The summed E-state index contributed by atoms with van der Waals surface area (Å²) in [6.07, 6.45) is 0.147. The van der Waals surface area contributed by atoms with Crippen LogP contribution in [-0.4, -0.2) is 54.8 Å². The molecule has 3 heterocycles. The number of furan rings is 1. The van der Waals surface area contributed by atoms with Gasteiger partial charge in [-0.25, -0.2) is 14.6 Å². The molecule has 3 aromatic heterocycles. The number of tetrazole rings is 1. The van der Waals surface area contributed by atoms with Gasteiger partial charge in [-0.1, -0.05) is 146 Å². The highest BCUT2D eigenvalue weighted by Gasteiger charge is 2.41. The molecule has 1 unspecified atom stereocenters.